The lowest BCUT2D eigenvalue weighted by molar-refractivity contribution is -0.137. The van der Waals surface area contributed by atoms with E-state index >= 15 is 0 Å². The van der Waals surface area contributed by atoms with Gasteiger partial charge >= 0.3 is 5.97 Å². The molecule has 0 amide bonds. The van der Waals surface area contributed by atoms with Gasteiger partial charge in [0, 0.05) is 6.08 Å². The highest BCUT2D eigenvalue weighted by atomic mass is 16.5. The van der Waals surface area contributed by atoms with Gasteiger partial charge in [0.2, 0.25) is 0 Å². The smallest absolute Gasteiger partial charge is 0.330 e. The number of hydrogen-bond acceptors (Lipinski definition) is 4. The number of nitrogens with one attached hydrogen (secondary N) is 1. The summed E-state index contributed by atoms with van der Waals surface area (Å²) < 4.78 is 10.7. The molecule has 0 bridgehead atoms. The van der Waals surface area contributed by atoms with Gasteiger partial charge in [0.25, 0.3) is 0 Å². The van der Waals surface area contributed by atoms with Crippen molar-refractivity contribution >= 4 is 23.4 Å². The second-order valence-electron chi connectivity index (χ2n) is 4.56. The van der Waals surface area contributed by atoms with E-state index in [-0.39, 0.29) is 5.97 Å². The van der Waals surface area contributed by atoms with Crippen LogP contribution in [0.15, 0.2) is 48.5 Å². The minimum absolute atomic E-state index is 0.343. The summed E-state index contributed by atoms with van der Waals surface area (Å²) in [5.41, 5.74) is 2.70. The lowest BCUT2D eigenvalue weighted by Crippen LogP contribution is -2.02. The van der Waals surface area contributed by atoms with E-state index in [4.69, 9.17) is 9.47 Å². The van der Waals surface area contributed by atoms with Crippen LogP contribution in [0.5, 0.6) is 11.5 Å². The Kier molecular flexibility index (Phi) is 3.60. The Bertz CT molecular complexity index is 707. The fraction of sp³-hybridized carbons (Fsp3) is 0.118. The van der Waals surface area contributed by atoms with Crippen LogP contribution in [0.2, 0.25) is 0 Å². The molecule has 0 radical (unpaired) electrons. The molecule has 0 fully saturated rings. The molecule has 4 heteroatoms. The highest BCUT2D eigenvalue weighted by Crippen LogP contribution is 2.41. The van der Waals surface area contributed by atoms with Crippen molar-refractivity contribution in [2.75, 3.05) is 11.9 Å². The van der Waals surface area contributed by atoms with Gasteiger partial charge in [0.05, 0.1) is 18.0 Å². The van der Waals surface area contributed by atoms with Crippen molar-refractivity contribution in [3.63, 3.8) is 0 Å². The van der Waals surface area contributed by atoms with Gasteiger partial charge in [-0.1, -0.05) is 18.2 Å². The number of hydrogen-bond donors (Lipinski definition) is 1. The van der Waals surface area contributed by atoms with E-state index < -0.39 is 0 Å². The molecule has 21 heavy (non-hydrogen) atoms. The number of anilines is 2. The number of carbonyl (C=O) groups is 1. The highest BCUT2D eigenvalue weighted by Gasteiger charge is 2.15. The zero-order valence-corrected chi connectivity index (χ0v) is 11.6. The summed E-state index contributed by atoms with van der Waals surface area (Å²) in [4.78, 5) is 11.3. The van der Waals surface area contributed by atoms with Crippen LogP contribution in [-0.4, -0.2) is 12.6 Å². The summed E-state index contributed by atoms with van der Waals surface area (Å²) in [7, 11) is 0. The maximum Gasteiger partial charge on any atom is 0.330 e. The molecule has 3 rings (SSSR count). The van der Waals surface area contributed by atoms with Crippen LogP contribution < -0.4 is 10.1 Å². The predicted molar refractivity (Wildman–Crippen MR) is 81.9 cm³/mol. The number of para-hydroxylation sites is 2. The normalized spacial score (nSPS) is 12.0. The molecule has 106 valence electrons. The standard InChI is InChI=1S/C17H15NO3/c1-2-20-17(19)10-8-12-7-9-16-14(11-12)18-13-5-3-4-6-15(13)21-16/h3-11,18H,2H2,1H3/b10-8+. The average molecular weight is 281 g/mol. The third kappa shape index (κ3) is 2.89. The molecule has 0 aliphatic carbocycles. The summed E-state index contributed by atoms with van der Waals surface area (Å²) in [6, 6.07) is 13.5. The molecular formula is C17H15NO3. The molecular weight excluding hydrogens is 266 g/mol. The SMILES string of the molecule is CCOC(=O)/C=C/c1ccc2c(c1)Nc1ccccc1O2. The first-order valence-electron chi connectivity index (χ1n) is 6.79. The zero-order valence-electron chi connectivity index (χ0n) is 11.6. The molecule has 1 aliphatic heterocycles. The Labute approximate surface area is 123 Å². The Morgan fingerprint density at radius 2 is 2.00 bits per heavy atom. The maximum absolute atomic E-state index is 11.3. The van der Waals surface area contributed by atoms with Gasteiger partial charge in [0.15, 0.2) is 11.5 Å². The van der Waals surface area contributed by atoms with Crippen LogP contribution in [0.4, 0.5) is 11.4 Å². The molecule has 0 spiro atoms. The second-order valence-corrected chi connectivity index (χ2v) is 4.56. The Morgan fingerprint density at radius 1 is 1.19 bits per heavy atom. The number of carbonyl (C=O) groups excluding carboxylic acids is 1. The van der Waals surface area contributed by atoms with E-state index in [2.05, 4.69) is 5.32 Å². The topological polar surface area (TPSA) is 47.6 Å². The first kappa shape index (κ1) is 13.2. The number of benzene rings is 2. The lowest BCUT2D eigenvalue weighted by Gasteiger charge is -2.21. The molecule has 0 saturated heterocycles. The second kappa shape index (κ2) is 5.71. The lowest BCUT2D eigenvalue weighted by atomic mass is 10.1. The Balaban J connectivity index is 1.82. The molecule has 1 aliphatic rings. The molecule has 0 unspecified atom stereocenters. The van der Waals surface area contributed by atoms with E-state index in [9.17, 15) is 4.79 Å². The summed E-state index contributed by atoms with van der Waals surface area (Å²) in [6.07, 6.45) is 3.14. The van der Waals surface area contributed by atoms with Crippen molar-refractivity contribution < 1.29 is 14.3 Å². The van der Waals surface area contributed by atoms with Gasteiger partial charge in [-0.05, 0) is 42.8 Å². The number of fused-ring (bicyclic) bond motifs is 2. The van der Waals surface area contributed by atoms with Gasteiger partial charge < -0.3 is 14.8 Å². The fourth-order valence-corrected chi connectivity index (χ4v) is 2.12. The Morgan fingerprint density at radius 3 is 2.86 bits per heavy atom. The summed E-state index contributed by atoms with van der Waals surface area (Å²) in [5, 5.41) is 3.32. The van der Waals surface area contributed by atoms with Crippen molar-refractivity contribution in [2.45, 2.75) is 6.92 Å². The summed E-state index contributed by atoms with van der Waals surface area (Å²) in [5.74, 6) is 1.23. The largest absolute Gasteiger partial charge is 0.463 e. The minimum Gasteiger partial charge on any atom is -0.463 e. The van der Waals surface area contributed by atoms with E-state index in [0.29, 0.717) is 6.61 Å². The zero-order chi connectivity index (χ0) is 14.7. The van der Waals surface area contributed by atoms with Gasteiger partial charge in [0.1, 0.15) is 0 Å². The Hall–Kier alpha value is -2.75. The van der Waals surface area contributed by atoms with Gasteiger partial charge in [-0.15, -0.1) is 0 Å². The monoisotopic (exact) mass is 281 g/mol. The first-order valence-corrected chi connectivity index (χ1v) is 6.79. The van der Waals surface area contributed by atoms with Crippen LogP contribution in [0.3, 0.4) is 0 Å². The van der Waals surface area contributed by atoms with Crippen molar-refractivity contribution in [1.82, 2.24) is 0 Å². The van der Waals surface area contributed by atoms with E-state index in [1.807, 2.05) is 42.5 Å². The van der Waals surface area contributed by atoms with Crippen LogP contribution in [0, 0.1) is 0 Å². The van der Waals surface area contributed by atoms with E-state index in [1.54, 1.807) is 13.0 Å². The first-order chi connectivity index (χ1) is 10.3. The van der Waals surface area contributed by atoms with E-state index in [0.717, 1.165) is 28.4 Å². The van der Waals surface area contributed by atoms with Crippen molar-refractivity contribution in [2.24, 2.45) is 0 Å². The molecule has 0 aromatic heterocycles. The van der Waals surface area contributed by atoms with Gasteiger partial charge in [-0.3, -0.25) is 0 Å². The third-order valence-corrected chi connectivity index (χ3v) is 3.08. The van der Waals surface area contributed by atoms with Crippen LogP contribution in [-0.2, 0) is 9.53 Å². The predicted octanol–water partition coefficient (Wildman–Crippen LogP) is 4.11. The average Bonchev–Trinajstić information content (AvgIpc) is 2.51. The molecule has 0 saturated carbocycles. The van der Waals surface area contributed by atoms with E-state index in [1.165, 1.54) is 6.08 Å². The number of ether oxygens (including phenoxy) is 2. The van der Waals surface area contributed by atoms with Crippen molar-refractivity contribution in [1.29, 1.82) is 0 Å². The number of rotatable bonds is 3. The molecule has 1 N–H and O–H groups in total. The quantitative estimate of drug-likeness (QED) is 0.579. The van der Waals surface area contributed by atoms with Crippen LogP contribution in [0.1, 0.15) is 12.5 Å². The van der Waals surface area contributed by atoms with Crippen LogP contribution in [0.25, 0.3) is 6.08 Å². The fourth-order valence-electron chi connectivity index (χ4n) is 2.12. The third-order valence-electron chi connectivity index (χ3n) is 3.08. The number of esters is 1. The van der Waals surface area contributed by atoms with Crippen molar-refractivity contribution in [3.05, 3.63) is 54.1 Å². The molecule has 2 aromatic rings. The van der Waals surface area contributed by atoms with Crippen molar-refractivity contribution in [3.8, 4) is 11.5 Å². The summed E-state index contributed by atoms with van der Waals surface area (Å²) in [6.45, 7) is 2.16. The van der Waals surface area contributed by atoms with Gasteiger partial charge in [-0.2, -0.15) is 0 Å². The molecule has 1 heterocycles. The molecule has 2 aromatic carbocycles. The molecule has 4 nitrogen and oxygen atoms in total. The highest BCUT2D eigenvalue weighted by molar-refractivity contribution is 5.87. The van der Waals surface area contributed by atoms with Crippen LogP contribution >= 0.6 is 0 Å². The molecule has 0 atom stereocenters. The maximum atomic E-state index is 11.3. The minimum atomic E-state index is -0.343. The van der Waals surface area contributed by atoms with Gasteiger partial charge in [-0.25, -0.2) is 4.79 Å². The summed E-state index contributed by atoms with van der Waals surface area (Å²) >= 11 is 0.